The second-order valence-electron chi connectivity index (χ2n) is 3.62. The van der Waals surface area contributed by atoms with Gasteiger partial charge in [-0.05, 0) is 0 Å². The summed E-state index contributed by atoms with van der Waals surface area (Å²) in [6.07, 6.45) is 0.339. The summed E-state index contributed by atoms with van der Waals surface area (Å²) in [5.41, 5.74) is 3.77. The quantitative estimate of drug-likeness (QED) is 0.479. The predicted molar refractivity (Wildman–Crippen MR) is 67.7 cm³/mol. The molecule has 0 aliphatic carbocycles. The van der Waals surface area contributed by atoms with Crippen LogP contribution >= 0.6 is 0 Å². The van der Waals surface area contributed by atoms with Gasteiger partial charge in [-0.1, -0.05) is 37.3 Å². The number of hydrazine groups is 1. The van der Waals surface area contributed by atoms with Gasteiger partial charge in [0.25, 0.3) is 0 Å². The first kappa shape index (κ1) is 12.1. The molecule has 0 saturated carbocycles. The summed E-state index contributed by atoms with van der Waals surface area (Å²) in [4.78, 5) is 15.8. The van der Waals surface area contributed by atoms with Gasteiger partial charge in [-0.3, -0.25) is 4.79 Å². The fourth-order valence-corrected chi connectivity index (χ4v) is 1.50. The third-order valence-electron chi connectivity index (χ3n) is 2.44. The van der Waals surface area contributed by atoms with E-state index in [0.29, 0.717) is 17.9 Å². The Bertz CT molecular complexity index is 556. The van der Waals surface area contributed by atoms with Crippen molar-refractivity contribution in [1.82, 2.24) is 15.2 Å². The van der Waals surface area contributed by atoms with Crippen LogP contribution in [0.2, 0.25) is 0 Å². The van der Waals surface area contributed by atoms with Crippen molar-refractivity contribution in [2.75, 3.05) is 5.43 Å². The Morgan fingerprint density at radius 3 is 2.61 bits per heavy atom. The molecule has 3 N–H and O–H groups in total. The van der Waals surface area contributed by atoms with Crippen molar-refractivity contribution >= 4 is 11.6 Å². The molecule has 0 amide bonds. The van der Waals surface area contributed by atoms with Gasteiger partial charge in [0.2, 0.25) is 11.6 Å². The Balaban J connectivity index is 2.53. The highest BCUT2D eigenvalue weighted by atomic mass is 16.1. The van der Waals surface area contributed by atoms with Gasteiger partial charge >= 0.3 is 0 Å². The molecule has 0 atom stereocenters. The lowest BCUT2D eigenvalue weighted by atomic mass is 10.1. The van der Waals surface area contributed by atoms with E-state index in [0.717, 1.165) is 5.56 Å². The largest absolute Gasteiger partial charge is 0.305 e. The van der Waals surface area contributed by atoms with E-state index in [2.05, 4.69) is 20.6 Å². The summed E-state index contributed by atoms with van der Waals surface area (Å²) < 4.78 is 0. The maximum Gasteiger partial charge on any atom is 0.218 e. The van der Waals surface area contributed by atoms with E-state index in [1.165, 1.54) is 0 Å². The van der Waals surface area contributed by atoms with Gasteiger partial charge in [0, 0.05) is 12.0 Å². The van der Waals surface area contributed by atoms with E-state index >= 15 is 0 Å². The average Bonchev–Trinajstić information content (AvgIpc) is 2.46. The number of aromatic nitrogens is 3. The van der Waals surface area contributed by atoms with Gasteiger partial charge in [0.05, 0.1) is 0 Å². The van der Waals surface area contributed by atoms with E-state index < -0.39 is 0 Å². The second kappa shape index (κ2) is 5.33. The molecule has 0 aliphatic heterocycles. The number of ketones is 1. The topological polar surface area (TPSA) is 93.8 Å². The van der Waals surface area contributed by atoms with Gasteiger partial charge < -0.3 is 5.43 Å². The molecule has 0 spiro atoms. The second-order valence-corrected chi connectivity index (χ2v) is 3.62. The molecule has 0 fully saturated rings. The Kier molecular flexibility index (Phi) is 3.59. The van der Waals surface area contributed by atoms with Crippen LogP contribution in [0.3, 0.4) is 0 Å². The summed E-state index contributed by atoms with van der Waals surface area (Å²) >= 11 is 0. The monoisotopic (exact) mass is 243 g/mol. The average molecular weight is 243 g/mol. The number of carbonyl (C=O) groups excluding carboxylic acids is 1. The zero-order valence-electron chi connectivity index (χ0n) is 9.92. The SMILES string of the molecule is CCC(=O)c1nnc(NN)c(-c2ccccc2)n1. The molecule has 0 unspecified atom stereocenters. The van der Waals surface area contributed by atoms with Crippen molar-refractivity contribution in [1.29, 1.82) is 0 Å². The van der Waals surface area contributed by atoms with E-state index in [4.69, 9.17) is 5.84 Å². The zero-order chi connectivity index (χ0) is 13.0. The summed E-state index contributed by atoms with van der Waals surface area (Å²) in [5.74, 6) is 5.67. The molecule has 6 nitrogen and oxygen atoms in total. The zero-order valence-corrected chi connectivity index (χ0v) is 9.92. The molecule has 1 aromatic carbocycles. The van der Waals surface area contributed by atoms with Crippen LogP contribution in [0.15, 0.2) is 30.3 Å². The lowest BCUT2D eigenvalue weighted by molar-refractivity contribution is 0.0977. The summed E-state index contributed by atoms with van der Waals surface area (Å²) in [6.45, 7) is 1.75. The number of nitrogens with one attached hydrogen (secondary N) is 1. The molecule has 0 radical (unpaired) electrons. The van der Waals surface area contributed by atoms with Crippen LogP contribution in [-0.2, 0) is 0 Å². The molecular weight excluding hydrogens is 230 g/mol. The lowest BCUT2D eigenvalue weighted by Gasteiger charge is -2.07. The van der Waals surface area contributed by atoms with Crippen LogP contribution in [0.4, 0.5) is 5.82 Å². The van der Waals surface area contributed by atoms with Crippen molar-refractivity contribution in [3.8, 4) is 11.3 Å². The minimum absolute atomic E-state index is 0.107. The van der Waals surface area contributed by atoms with Gasteiger partial charge in [-0.25, -0.2) is 10.8 Å². The summed E-state index contributed by atoms with van der Waals surface area (Å²) in [5, 5.41) is 7.63. The molecule has 2 aromatic rings. The van der Waals surface area contributed by atoms with Crippen LogP contribution in [0, 0.1) is 0 Å². The lowest BCUT2D eigenvalue weighted by Crippen LogP contribution is -2.15. The van der Waals surface area contributed by atoms with Crippen molar-refractivity contribution in [2.24, 2.45) is 5.84 Å². The van der Waals surface area contributed by atoms with E-state index in [1.54, 1.807) is 6.92 Å². The van der Waals surface area contributed by atoms with Crippen molar-refractivity contribution in [3.63, 3.8) is 0 Å². The molecule has 92 valence electrons. The molecule has 1 heterocycles. The predicted octanol–water partition coefficient (Wildman–Crippen LogP) is 1.42. The fraction of sp³-hybridized carbons (Fsp3) is 0.167. The van der Waals surface area contributed by atoms with Gasteiger partial charge in [0.15, 0.2) is 5.82 Å². The minimum Gasteiger partial charge on any atom is -0.305 e. The summed E-state index contributed by atoms with van der Waals surface area (Å²) in [7, 11) is 0. The van der Waals surface area contributed by atoms with E-state index in [1.807, 2.05) is 30.3 Å². The minimum atomic E-state index is -0.150. The fourth-order valence-electron chi connectivity index (χ4n) is 1.50. The molecule has 1 aromatic heterocycles. The number of anilines is 1. The standard InChI is InChI=1S/C12H13N5O/c1-2-9(18)11-14-10(12(15-13)17-16-11)8-6-4-3-5-7-8/h3-7H,2,13H2,1H3,(H,15,17). The third-order valence-corrected chi connectivity index (χ3v) is 2.44. The number of hydrogen-bond acceptors (Lipinski definition) is 6. The number of nitrogen functional groups attached to an aromatic ring is 1. The number of nitrogens with zero attached hydrogens (tertiary/aromatic N) is 3. The van der Waals surface area contributed by atoms with Crippen LogP contribution in [0.25, 0.3) is 11.3 Å². The van der Waals surface area contributed by atoms with Gasteiger partial charge in [-0.2, -0.15) is 0 Å². The molecular formula is C12H13N5O. The van der Waals surface area contributed by atoms with Gasteiger partial charge in [-0.15, -0.1) is 10.2 Å². The highest BCUT2D eigenvalue weighted by Crippen LogP contribution is 2.22. The Morgan fingerprint density at radius 2 is 2.00 bits per heavy atom. The number of benzene rings is 1. The van der Waals surface area contributed by atoms with Crippen molar-refractivity contribution in [3.05, 3.63) is 36.2 Å². The number of Topliss-reactive ketones (excluding diaryl/α,β-unsaturated/α-hetero) is 1. The van der Waals surface area contributed by atoms with Crippen LogP contribution in [0.5, 0.6) is 0 Å². The van der Waals surface area contributed by atoms with E-state index in [-0.39, 0.29) is 11.6 Å². The maximum absolute atomic E-state index is 11.6. The van der Waals surface area contributed by atoms with Gasteiger partial charge in [0.1, 0.15) is 5.69 Å². The van der Waals surface area contributed by atoms with Crippen LogP contribution in [0.1, 0.15) is 24.0 Å². The molecule has 0 bridgehead atoms. The van der Waals surface area contributed by atoms with Crippen molar-refractivity contribution in [2.45, 2.75) is 13.3 Å². The first-order chi connectivity index (χ1) is 8.76. The molecule has 0 saturated heterocycles. The smallest absolute Gasteiger partial charge is 0.218 e. The Labute approximate surface area is 104 Å². The highest BCUT2D eigenvalue weighted by molar-refractivity contribution is 5.92. The number of carbonyl (C=O) groups is 1. The van der Waals surface area contributed by atoms with Crippen molar-refractivity contribution < 1.29 is 4.79 Å². The number of rotatable bonds is 4. The van der Waals surface area contributed by atoms with Crippen LogP contribution in [-0.4, -0.2) is 21.0 Å². The normalized spacial score (nSPS) is 10.1. The first-order valence-corrected chi connectivity index (χ1v) is 5.56. The Morgan fingerprint density at radius 1 is 1.28 bits per heavy atom. The molecule has 2 rings (SSSR count). The summed E-state index contributed by atoms with van der Waals surface area (Å²) in [6, 6.07) is 9.37. The maximum atomic E-state index is 11.6. The number of hydrogen-bond donors (Lipinski definition) is 2. The first-order valence-electron chi connectivity index (χ1n) is 5.56. The number of nitrogens with two attached hydrogens (primary N) is 1. The van der Waals surface area contributed by atoms with Crippen LogP contribution < -0.4 is 11.3 Å². The molecule has 0 aliphatic rings. The molecule has 6 heteroatoms. The third kappa shape index (κ3) is 2.33. The van der Waals surface area contributed by atoms with E-state index in [9.17, 15) is 4.79 Å². The Hall–Kier alpha value is -2.34. The highest BCUT2D eigenvalue weighted by Gasteiger charge is 2.14. The molecule has 18 heavy (non-hydrogen) atoms.